The van der Waals surface area contributed by atoms with E-state index in [9.17, 15) is 4.79 Å². The minimum absolute atomic E-state index is 0.0752. The van der Waals surface area contributed by atoms with Crippen LogP contribution in [0.2, 0.25) is 5.02 Å². The van der Waals surface area contributed by atoms with Crippen molar-refractivity contribution in [3.8, 4) is 5.75 Å². The van der Waals surface area contributed by atoms with Crippen LogP contribution in [0, 0.1) is 6.92 Å². The molecular weight excluding hydrogens is 394 g/mol. The number of anilines is 1. The SMILES string of the molecule is Cc1c(Cl)cccc1NC(=O)COc1ccc(C(=S)N2CCN(C)CC2)cc1. The molecule has 0 aromatic heterocycles. The molecule has 0 bridgehead atoms. The molecule has 1 heterocycles. The number of ether oxygens (including phenoxy) is 1. The normalized spacial score (nSPS) is 14.6. The Morgan fingerprint density at radius 3 is 2.50 bits per heavy atom. The van der Waals surface area contributed by atoms with E-state index in [0.29, 0.717) is 16.5 Å². The Labute approximate surface area is 176 Å². The molecule has 5 nitrogen and oxygen atoms in total. The lowest BCUT2D eigenvalue weighted by Gasteiger charge is -2.34. The maximum absolute atomic E-state index is 12.1. The number of carbonyl (C=O) groups is 1. The summed E-state index contributed by atoms with van der Waals surface area (Å²) in [4.78, 5) is 17.5. The van der Waals surface area contributed by atoms with Gasteiger partial charge in [0.1, 0.15) is 10.7 Å². The van der Waals surface area contributed by atoms with Crippen molar-refractivity contribution in [2.75, 3.05) is 45.2 Å². The van der Waals surface area contributed by atoms with Gasteiger partial charge in [-0.1, -0.05) is 29.9 Å². The fourth-order valence-electron chi connectivity index (χ4n) is 2.96. The number of nitrogens with zero attached hydrogens (tertiary/aromatic N) is 2. The first-order valence-corrected chi connectivity index (χ1v) is 9.98. The van der Waals surface area contributed by atoms with Gasteiger partial charge in [-0.05, 0) is 55.9 Å². The number of halogens is 1. The van der Waals surface area contributed by atoms with Crippen molar-refractivity contribution in [2.24, 2.45) is 0 Å². The Balaban J connectivity index is 1.52. The van der Waals surface area contributed by atoms with Crippen molar-refractivity contribution in [1.82, 2.24) is 9.80 Å². The molecule has 148 valence electrons. The second-order valence-electron chi connectivity index (χ2n) is 6.87. The van der Waals surface area contributed by atoms with E-state index in [0.717, 1.165) is 42.3 Å². The van der Waals surface area contributed by atoms with Gasteiger partial charge >= 0.3 is 0 Å². The standard InChI is InChI=1S/C21H24ClN3O2S/c1-15-18(22)4-3-5-19(15)23-20(26)14-27-17-8-6-16(7-9-17)21(28)25-12-10-24(2)11-13-25/h3-9H,10-14H2,1-2H3,(H,23,26). The first kappa shape index (κ1) is 20.6. The molecule has 0 spiro atoms. The summed E-state index contributed by atoms with van der Waals surface area (Å²) in [5.74, 6) is 0.394. The molecule has 0 saturated carbocycles. The van der Waals surface area contributed by atoms with Crippen molar-refractivity contribution in [3.05, 3.63) is 58.6 Å². The number of benzene rings is 2. The maximum Gasteiger partial charge on any atom is 0.262 e. The van der Waals surface area contributed by atoms with Gasteiger partial charge < -0.3 is 19.9 Å². The van der Waals surface area contributed by atoms with E-state index in [2.05, 4.69) is 22.2 Å². The summed E-state index contributed by atoms with van der Waals surface area (Å²) in [5, 5.41) is 3.43. The van der Waals surface area contributed by atoms with Gasteiger partial charge in [0.05, 0.1) is 0 Å². The number of amides is 1. The van der Waals surface area contributed by atoms with Crippen LogP contribution in [-0.2, 0) is 4.79 Å². The zero-order chi connectivity index (χ0) is 20.1. The minimum Gasteiger partial charge on any atom is -0.484 e. The highest BCUT2D eigenvalue weighted by atomic mass is 35.5. The van der Waals surface area contributed by atoms with E-state index >= 15 is 0 Å². The van der Waals surface area contributed by atoms with Crippen LogP contribution in [0.5, 0.6) is 5.75 Å². The topological polar surface area (TPSA) is 44.8 Å². The molecule has 1 amide bonds. The molecule has 1 N–H and O–H groups in total. The zero-order valence-electron chi connectivity index (χ0n) is 16.1. The molecule has 2 aromatic rings. The van der Waals surface area contributed by atoms with Crippen molar-refractivity contribution < 1.29 is 9.53 Å². The number of hydrogen-bond donors (Lipinski definition) is 1. The van der Waals surface area contributed by atoms with Crippen molar-refractivity contribution in [3.63, 3.8) is 0 Å². The highest BCUT2D eigenvalue weighted by Crippen LogP contribution is 2.23. The molecule has 1 fully saturated rings. The summed E-state index contributed by atoms with van der Waals surface area (Å²) in [7, 11) is 2.12. The first-order chi connectivity index (χ1) is 13.4. The Hall–Kier alpha value is -2.15. The molecule has 0 aliphatic carbocycles. The summed E-state index contributed by atoms with van der Waals surface area (Å²) in [5.41, 5.74) is 2.51. The van der Waals surface area contributed by atoms with Crippen LogP contribution in [0.4, 0.5) is 5.69 Å². The third-order valence-electron chi connectivity index (χ3n) is 4.80. The maximum atomic E-state index is 12.1. The Kier molecular flexibility index (Phi) is 6.88. The average Bonchev–Trinajstić information content (AvgIpc) is 2.70. The van der Waals surface area contributed by atoms with Gasteiger partial charge in [-0.25, -0.2) is 0 Å². The Morgan fingerprint density at radius 1 is 1.14 bits per heavy atom. The van der Waals surface area contributed by atoms with Crippen LogP contribution < -0.4 is 10.1 Å². The number of carbonyl (C=O) groups excluding carboxylic acids is 1. The van der Waals surface area contributed by atoms with Crippen LogP contribution in [-0.4, -0.2) is 60.5 Å². The summed E-state index contributed by atoms with van der Waals surface area (Å²) in [6.45, 7) is 5.70. The summed E-state index contributed by atoms with van der Waals surface area (Å²) in [6, 6.07) is 13.0. The molecule has 28 heavy (non-hydrogen) atoms. The lowest BCUT2D eigenvalue weighted by molar-refractivity contribution is -0.118. The quantitative estimate of drug-likeness (QED) is 0.753. The van der Waals surface area contributed by atoms with Crippen LogP contribution in [0.25, 0.3) is 0 Å². The van der Waals surface area contributed by atoms with Crippen molar-refractivity contribution in [2.45, 2.75) is 6.92 Å². The molecule has 1 aliphatic heterocycles. The lowest BCUT2D eigenvalue weighted by atomic mass is 10.2. The van der Waals surface area contributed by atoms with Gasteiger partial charge in [-0.3, -0.25) is 4.79 Å². The molecule has 2 aromatic carbocycles. The number of rotatable bonds is 5. The van der Waals surface area contributed by atoms with E-state index in [1.807, 2.05) is 37.3 Å². The highest BCUT2D eigenvalue weighted by Gasteiger charge is 2.17. The monoisotopic (exact) mass is 417 g/mol. The lowest BCUT2D eigenvalue weighted by Crippen LogP contribution is -2.46. The van der Waals surface area contributed by atoms with Crippen LogP contribution in [0.3, 0.4) is 0 Å². The summed E-state index contributed by atoms with van der Waals surface area (Å²) < 4.78 is 5.60. The highest BCUT2D eigenvalue weighted by molar-refractivity contribution is 7.80. The molecule has 1 saturated heterocycles. The predicted octanol–water partition coefficient (Wildman–Crippen LogP) is 3.59. The minimum atomic E-state index is -0.234. The molecule has 0 atom stereocenters. The molecule has 7 heteroatoms. The number of nitrogens with one attached hydrogen (secondary N) is 1. The van der Waals surface area contributed by atoms with Crippen LogP contribution >= 0.6 is 23.8 Å². The zero-order valence-corrected chi connectivity index (χ0v) is 17.6. The number of piperazine rings is 1. The number of hydrogen-bond acceptors (Lipinski definition) is 4. The second-order valence-corrected chi connectivity index (χ2v) is 7.66. The Bertz CT molecular complexity index is 849. The number of likely N-dealkylation sites (N-methyl/N-ethyl adjacent to an activating group) is 1. The fraction of sp³-hybridized carbons (Fsp3) is 0.333. The van der Waals surface area contributed by atoms with E-state index in [1.54, 1.807) is 12.1 Å². The molecule has 0 unspecified atom stereocenters. The third-order valence-corrected chi connectivity index (χ3v) is 5.71. The first-order valence-electron chi connectivity index (χ1n) is 9.19. The fourth-order valence-corrected chi connectivity index (χ4v) is 3.46. The van der Waals surface area contributed by atoms with E-state index in [1.165, 1.54) is 0 Å². The molecular formula is C21H24ClN3O2S. The van der Waals surface area contributed by atoms with E-state index < -0.39 is 0 Å². The molecule has 3 rings (SSSR count). The smallest absolute Gasteiger partial charge is 0.262 e. The van der Waals surface area contributed by atoms with Gasteiger partial charge in [-0.15, -0.1) is 0 Å². The van der Waals surface area contributed by atoms with Crippen LogP contribution in [0.1, 0.15) is 11.1 Å². The van der Waals surface area contributed by atoms with E-state index in [-0.39, 0.29) is 12.5 Å². The largest absolute Gasteiger partial charge is 0.484 e. The van der Waals surface area contributed by atoms with Gasteiger partial charge in [-0.2, -0.15) is 0 Å². The second kappa shape index (κ2) is 9.37. The average molecular weight is 418 g/mol. The predicted molar refractivity (Wildman–Crippen MR) is 118 cm³/mol. The number of thiocarbonyl (C=S) groups is 1. The van der Waals surface area contributed by atoms with Gasteiger partial charge in [0.15, 0.2) is 6.61 Å². The van der Waals surface area contributed by atoms with Gasteiger partial charge in [0.25, 0.3) is 5.91 Å². The summed E-state index contributed by atoms with van der Waals surface area (Å²) in [6.07, 6.45) is 0. The van der Waals surface area contributed by atoms with E-state index in [4.69, 9.17) is 28.6 Å². The van der Waals surface area contributed by atoms with Gasteiger partial charge in [0.2, 0.25) is 0 Å². The van der Waals surface area contributed by atoms with Crippen molar-refractivity contribution in [1.29, 1.82) is 0 Å². The third kappa shape index (κ3) is 5.22. The van der Waals surface area contributed by atoms with Crippen molar-refractivity contribution >= 4 is 40.4 Å². The Morgan fingerprint density at radius 2 is 1.82 bits per heavy atom. The summed E-state index contributed by atoms with van der Waals surface area (Å²) >= 11 is 11.7. The molecule has 0 radical (unpaired) electrons. The van der Waals surface area contributed by atoms with Gasteiger partial charge in [0, 0.05) is 42.5 Å². The van der Waals surface area contributed by atoms with Crippen LogP contribution in [0.15, 0.2) is 42.5 Å². The molecule has 1 aliphatic rings.